The molecule has 8 heteroatoms. The van der Waals surface area contributed by atoms with Crippen LogP contribution in [-0.4, -0.2) is 31.7 Å². The number of carboxylic acids is 1. The second-order valence-electron chi connectivity index (χ2n) is 4.87. The molecule has 2 N–H and O–H groups in total. The van der Waals surface area contributed by atoms with Crippen LogP contribution in [0.1, 0.15) is 51.3 Å². The van der Waals surface area contributed by atoms with Crippen LogP contribution in [0.25, 0.3) is 0 Å². The normalized spacial score (nSPS) is 10.9. The number of hydrogen-bond acceptors (Lipinski definition) is 5. The molecule has 7 nitrogen and oxygen atoms in total. The van der Waals surface area contributed by atoms with Gasteiger partial charge in [0.15, 0.2) is 5.69 Å². The van der Waals surface area contributed by atoms with E-state index in [9.17, 15) is 9.59 Å². The molecule has 0 saturated carbocycles. The maximum absolute atomic E-state index is 12.2. The number of carbonyl (C=O) groups is 2. The highest BCUT2D eigenvalue weighted by atomic mass is 32.1. The molecule has 0 aliphatic carbocycles. The van der Waals surface area contributed by atoms with E-state index in [1.807, 2.05) is 13.8 Å². The Kier molecular flexibility index (Phi) is 4.37. The van der Waals surface area contributed by atoms with Gasteiger partial charge in [0.1, 0.15) is 5.01 Å². The highest BCUT2D eigenvalue weighted by Gasteiger charge is 2.18. The lowest BCUT2D eigenvalue weighted by Crippen LogP contribution is -2.23. The Balaban J connectivity index is 2.06. The van der Waals surface area contributed by atoms with E-state index in [1.54, 1.807) is 17.9 Å². The van der Waals surface area contributed by atoms with Crippen molar-refractivity contribution in [1.82, 2.24) is 20.1 Å². The van der Waals surface area contributed by atoms with Gasteiger partial charge in [-0.15, -0.1) is 11.3 Å². The van der Waals surface area contributed by atoms with Gasteiger partial charge in [-0.05, 0) is 5.92 Å². The molecule has 2 rings (SSSR count). The predicted octanol–water partition coefficient (Wildman–Crippen LogP) is 1.63. The van der Waals surface area contributed by atoms with E-state index < -0.39 is 5.97 Å². The van der Waals surface area contributed by atoms with Crippen LogP contribution in [0, 0.1) is 0 Å². The van der Waals surface area contributed by atoms with Crippen LogP contribution in [0.4, 0.5) is 0 Å². The van der Waals surface area contributed by atoms with Crippen LogP contribution >= 0.6 is 11.3 Å². The number of nitrogens with one attached hydrogen (secondary N) is 1. The maximum Gasteiger partial charge on any atom is 0.355 e. The topological polar surface area (TPSA) is 97.1 Å². The second-order valence-corrected chi connectivity index (χ2v) is 5.81. The van der Waals surface area contributed by atoms with E-state index in [4.69, 9.17) is 5.11 Å². The highest BCUT2D eigenvalue weighted by molar-refractivity contribution is 7.09. The Labute approximate surface area is 125 Å². The highest BCUT2D eigenvalue weighted by Crippen LogP contribution is 2.17. The summed E-state index contributed by atoms with van der Waals surface area (Å²) < 4.78 is 1.61. The molecule has 0 fully saturated rings. The van der Waals surface area contributed by atoms with E-state index in [2.05, 4.69) is 15.4 Å². The van der Waals surface area contributed by atoms with E-state index in [-0.39, 0.29) is 24.1 Å². The summed E-state index contributed by atoms with van der Waals surface area (Å²) >= 11 is 1.20. The lowest BCUT2D eigenvalue weighted by molar-refractivity contribution is 0.0691. The first-order valence-corrected chi connectivity index (χ1v) is 7.26. The fourth-order valence-electron chi connectivity index (χ4n) is 1.85. The first kappa shape index (κ1) is 15.2. The molecule has 0 saturated heterocycles. The summed E-state index contributed by atoms with van der Waals surface area (Å²) in [6, 6.07) is 0. The van der Waals surface area contributed by atoms with Gasteiger partial charge in [-0.2, -0.15) is 5.10 Å². The monoisotopic (exact) mass is 308 g/mol. The van der Waals surface area contributed by atoms with Crippen molar-refractivity contribution in [3.63, 3.8) is 0 Å². The van der Waals surface area contributed by atoms with Crippen LogP contribution in [-0.2, 0) is 13.6 Å². The number of nitrogens with zero attached hydrogens (tertiary/aromatic N) is 3. The molecule has 2 aromatic heterocycles. The smallest absolute Gasteiger partial charge is 0.355 e. The molecular formula is C13H16N4O3S. The second kappa shape index (κ2) is 6.04. The van der Waals surface area contributed by atoms with Gasteiger partial charge in [0.05, 0.1) is 17.8 Å². The van der Waals surface area contributed by atoms with Gasteiger partial charge >= 0.3 is 5.97 Å². The van der Waals surface area contributed by atoms with Crippen molar-refractivity contribution >= 4 is 23.2 Å². The van der Waals surface area contributed by atoms with Gasteiger partial charge in [0, 0.05) is 18.6 Å². The number of rotatable bonds is 5. The van der Waals surface area contributed by atoms with Gasteiger partial charge in [0.2, 0.25) is 0 Å². The fourth-order valence-corrected chi connectivity index (χ4v) is 2.56. The Hall–Kier alpha value is -2.22. The average molecular weight is 308 g/mol. The van der Waals surface area contributed by atoms with Crippen LogP contribution in [0.5, 0.6) is 0 Å². The Morgan fingerprint density at radius 3 is 2.76 bits per heavy atom. The standard InChI is InChI=1S/C13H16N4O3S/c1-7(2)11-8(5-17(3)16-11)12(18)14-4-10-15-9(6-21-10)13(19)20/h5-7H,4H2,1-3H3,(H,14,18)(H,19,20). The molecule has 2 aromatic rings. The predicted molar refractivity (Wildman–Crippen MR) is 77.5 cm³/mol. The van der Waals surface area contributed by atoms with Crippen molar-refractivity contribution in [2.24, 2.45) is 7.05 Å². The zero-order valence-corrected chi connectivity index (χ0v) is 12.8. The largest absolute Gasteiger partial charge is 0.476 e. The van der Waals surface area contributed by atoms with Crippen molar-refractivity contribution in [1.29, 1.82) is 0 Å². The van der Waals surface area contributed by atoms with E-state index in [1.165, 1.54) is 16.7 Å². The van der Waals surface area contributed by atoms with Crippen molar-refractivity contribution < 1.29 is 14.7 Å². The Bertz CT molecular complexity index is 675. The minimum Gasteiger partial charge on any atom is -0.476 e. The van der Waals surface area contributed by atoms with E-state index >= 15 is 0 Å². The summed E-state index contributed by atoms with van der Waals surface area (Å²) in [6.45, 7) is 4.14. The minimum absolute atomic E-state index is 0.00602. The molecule has 21 heavy (non-hydrogen) atoms. The molecule has 0 unspecified atom stereocenters. The first-order chi connectivity index (χ1) is 9.88. The molecule has 0 aliphatic rings. The van der Waals surface area contributed by atoms with Crippen LogP contribution in [0.15, 0.2) is 11.6 Å². The molecule has 0 aliphatic heterocycles. The van der Waals surface area contributed by atoms with Crippen LogP contribution in [0.2, 0.25) is 0 Å². The number of carboxylic acid groups (broad SMARTS) is 1. The molecule has 0 spiro atoms. The third kappa shape index (κ3) is 3.46. The molecule has 0 radical (unpaired) electrons. The average Bonchev–Trinajstić information content (AvgIpc) is 3.02. The molecule has 0 bridgehead atoms. The number of amides is 1. The van der Waals surface area contributed by atoms with Gasteiger partial charge in [0.25, 0.3) is 5.91 Å². The van der Waals surface area contributed by atoms with Gasteiger partial charge < -0.3 is 10.4 Å². The number of aromatic nitrogens is 3. The Morgan fingerprint density at radius 2 is 2.19 bits per heavy atom. The van der Waals surface area contributed by atoms with Crippen LogP contribution in [0.3, 0.4) is 0 Å². The summed E-state index contributed by atoms with van der Waals surface area (Å²) in [5.74, 6) is -1.16. The van der Waals surface area contributed by atoms with Crippen molar-refractivity contribution in [2.45, 2.75) is 26.3 Å². The quantitative estimate of drug-likeness (QED) is 0.875. The van der Waals surface area contributed by atoms with Crippen molar-refractivity contribution in [3.8, 4) is 0 Å². The zero-order valence-electron chi connectivity index (χ0n) is 12.0. The summed E-state index contributed by atoms with van der Waals surface area (Å²) in [6.07, 6.45) is 1.68. The summed E-state index contributed by atoms with van der Waals surface area (Å²) in [5, 5.41) is 17.8. The van der Waals surface area contributed by atoms with Gasteiger partial charge in [-0.3, -0.25) is 9.48 Å². The number of carbonyl (C=O) groups excluding carboxylic acids is 1. The third-order valence-electron chi connectivity index (χ3n) is 2.82. The van der Waals surface area contributed by atoms with Crippen molar-refractivity contribution in [3.05, 3.63) is 33.5 Å². The van der Waals surface area contributed by atoms with Crippen molar-refractivity contribution in [2.75, 3.05) is 0 Å². The lowest BCUT2D eigenvalue weighted by Gasteiger charge is -2.05. The molecule has 0 atom stereocenters. The SMILES string of the molecule is CC(C)c1nn(C)cc1C(=O)NCc1nc(C(=O)O)cs1. The molecular weight excluding hydrogens is 292 g/mol. The summed E-state index contributed by atoms with van der Waals surface area (Å²) in [4.78, 5) is 26.9. The number of hydrogen-bond donors (Lipinski definition) is 2. The number of thiazole rings is 1. The summed E-state index contributed by atoms with van der Waals surface area (Å²) in [5.41, 5.74) is 1.26. The fraction of sp³-hybridized carbons (Fsp3) is 0.385. The Morgan fingerprint density at radius 1 is 1.48 bits per heavy atom. The van der Waals surface area contributed by atoms with E-state index in [0.29, 0.717) is 10.6 Å². The molecule has 1 amide bonds. The third-order valence-corrected chi connectivity index (χ3v) is 3.67. The van der Waals surface area contributed by atoms with E-state index in [0.717, 1.165) is 5.69 Å². The first-order valence-electron chi connectivity index (χ1n) is 6.38. The zero-order chi connectivity index (χ0) is 15.6. The van der Waals surface area contributed by atoms with Gasteiger partial charge in [-0.25, -0.2) is 9.78 Å². The lowest BCUT2D eigenvalue weighted by atomic mass is 10.1. The molecule has 112 valence electrons. The molecule has 0 aromatic carbocycles. The maximum atomic E-state index is 12.2. The van der Waals surface area contributed by atoms with Gasteiger partial charge in [-0.1, -0.05) is 13.8 Å². The number of aromatic carboxylic acids is 1. The number of aryl methyl sites for hydroxylation is 1. The minimum atomic E-state index is -1.07. The van der Waals surface area contributed by atoms with Crippen LogP contribution < -0.4 is 5.32 Å². The molecule has 2 heterocycles. The summed E-state index contributed by atoms with van der Waals surface area (Å²) in [7, 11) is 1.77.